The van der Waals surface area contributed by atoms with Gasteiger partial charge in [-0.15, -0.1) is 11.3 Å². The van der Waals surface area contributed by atoms with Crippen molar-refractivity contribution in [1.82, 2.24) is 5.32 Å². The number of amides is 1. The highest BCUT2D eigenvalue weighted by atomic mass is 32.1. The first kappa shape index (κ1) is 14.7. The van der Waals surface area contributed by atoms with E-state index >= 15 is 0 Å². The largest absolute Gasteiger partial charge is 0.480 e. The van der Waals surface area contributed by atoms with Gasteiger partial charge in [0.05, 0.1) is 4.88 Å². The van der Waals surface area contributed by atoms with E-state index in [0.29, 0.717) is 11.3 Å². The van der Waals surface area contributed by atoms with Gasteiger partial charge in [-0.3, -0.25) is 4.79 Å². The fourth-order valence-electron chi connectivity index (χ4n) is 1.70. The molecular formula is C13H19NO3S. The van der Waals surface area contributed by atoms with Gasteiger partial charge in [0.25, 0.3) is 5.91 Å². The molecule has 100 valence electrons. The van der Waals surface area contributed by atoms with Gasteiger partial charge < -0.3 is 10.4 Å². The minimum Gasteiger partial charge on any atom is -0.480 e. The fraction of sp³-hybridized carbons (Fsp3) is 0.538. The maximum atomic E-state index is 12.1. The number of nitrogens with one attached hydrogen (secondary N) is 1. The van der Waals surface area contributed by atoms with Crippen LogP contribution in [-0.4, -0.2) is 23.0 Å². The van der Waals surface area contributed by atoms with Gasteiger partial charge in [-0.25, -0.2) is 4.79 Å². The Labute approximate surface area is 111 Å². The van der Waals surface area contributed by atoms with E-state index in [1.165, 1.54) is 11.3 Å². The number of aliphatic carboxylic acids is 1. The van der Waals surface area contributed by atoms with Gasteiger partial charge >= 0.3 is 5.97 Å². The lowest BCUT2D eigenvalue weighted by molar-refractivity contribution is -0.140. The molecule has 0 aromatic carbocycles. The van der Waals surface area contributed by atoms with Crippen molar-refractivity contribution in [2.45, 2.75) is 39.7 Å². The van der Waals surface area contributed by atoms with Gasteiger partial charge in [-0.05, 0) is 29.3 Å². The molecule has 2 atom stereocenters. The Morgan fingerprint density at radius 1 is 1.44 bits per heavy atom. The number of carbonyl (C=O) groups excluding carboxylic acids is 1. The molecule has 1 unspecified atom stereocenters. The molecule has 0 aliphatic carbocycles. The lowest BCUT2D eigenvalue weighted by Gasteiger charge is -2.20. The maximum absolute atomic E-state index is 12.1. The van der Waals surface area contributed by atoms with Gasteiger partial charge in [0, 0.05) is 0 Å². The van der Waals surface area contributed by atoms with E-state index in [2.05, 4.69) is 5.32 Å². The number of rotatable bonds is 6. The van der Waals surface area contributed by atoms with Crippen LogP contribution in [0.5, 0.6) is 0 Å². The second kappa shape index (κ2) is 6.54. The van der Waals surface area contributed by atoms with Crippen molar-refractivity contribution in [2.75, 3.05) is 0 Å². The number of aryl methyl sites for hydroxylation is 1. The molecule has 0 spiro atoms. The van der Waals surface area contributed by atoms with Crippen LogP contribution in [0.4, 0.5) is 0 Å². The Morgan fingerprint density at radius 3 is 2.61 bits per heavy atom. The van der Waals surface area contributed by atoms with Crippen molar-refractivity contribution < 1.29 is 14.7 Å². The summed E-state index contributed by atoms with van der Waals surface area (Å²) in [4.78, 5) is 23.8. The smallest absolute Gasteiger partial charge is 0.326 e. The monoisotopic (exact) mass is 269 g/mol. The molecule has 5 heteroatoms. The molecule has 0 aliphatic rings. The normalized spacial score (nSPS) is 13.9. The lowest BCUT2D eigenvalue weighted by Crippen LogP contribution is -2.45. The van der Waals surface area contributed by atoms with Gasteiger partial charge in [0.15, 0.2) is 0 Å². The third-order valence-corrected chi connectivity index (χ3v) is 4.05. The van der Waals surface area contributed by atoms with Gasteiger partial charge in [-0.2, -0.15) is 0 Å². The van der Waals surface area contributed by atoms with Crippen LogP contribution in [0.15, 0.2) is 11.4 Å². The van der Waals surface area contributed by atoms with Gasteiger partial charge in [0.2, 0.25) is 0 Å². The molecule has 0 aliphatic heterocycles. The summed E-state index contributed by atoms with van der Waals surface area (Å²) >= 11 is 1.35. The van der Waals surface area contributed by atoms with Crippen LogP contribution in [0, 0.1) is 5.92 Å². The summed E-state index contributed by atoms with van der Waals surface area (Å²) in [5.74, 6) is -1.35. The summed E-state index contributed by atoms with van der Waals surface area (Å²) in [7, 11) is 0. The lowest BCUT2D eigenvalue weighted by atomic mass is 9.99. The fourth-order valence-corrected chi connectivity index (χ4v) is 2.60. The Kier molecular flexibility index (Phi) is 5.34. The Balaban J connectivity index is 2.82. The highest BCUT2D eigenvalue weighted by molar-refractivity contribution is 7.12. The van der Waals surface area contributed by atoms with E-state index in [1.54, 1.807) is 0 Å². The van der Waals surface area contributed by atoms with E-state index in [1.807, 2.05) is 32.2 Å². The van der Waals surface area contributed by atoms with Crippen LogP contribution in [0.25, 0.3) is 0 Å². The van der Waals surface area contributed by atoms with Crippen molar-refractivity contribution in [3.05, 3.63) is 21.9 Å². The predicted molar refractivity (Wildman–Crippen MR) is 72.0 cm³/mol. The van der Waals surface area contributed by atoms with Crippen LogP contribution in [0.3, 0.4) is 0 Å². The van der Waals surface area contributed by atoms with Gasteiger partial charge in [0.1, 0.15) is 6.04 Å². The van der Waals surface area contributed by atoms with Crippen molar-refractivity contribution >= 4 is 23.2 Å². The number of thiophene rings is 1. The molecule has 0 saturated heterocycles. The van der Waals surface area contributed by atoms with E-state index in [-0.39, 0.29) is 11.8 Å². The topological polar surface area (TPSA) is 66.4 Å². The zero-order valence-electron chi connectivity index (χ0n) is 10.9. The third kappa shape index (κ3) is 3.32. The first-order chi connectivity index (χ1) is 8.51. The molecule has 0 fully saturated rings. The maximum Gasteiger partial charge on any atom is 0.326 e. The highest BCUT2D eigenvalue weighted by Gasteiger charge is 2.26. The zero-order valence-corrected chi connectivity index (χ0v) is 11.7. The minimum atomic E-state index is -0.979. The minimum absolute atomic E-state index is 0.0866. The highest BCUT2D eigenvalue weighted by Crippen LogP contribution is 2.18. The number of hydrogen-bond donors (Lipinski definition) is 2. The van der Waals surface area contributed by atoms with Crippen LogP contribution in [0.1, 0.15) is 42.4 Å². The second-order valence-corrected chi connectivity index (χ2v) is 5.22. The number of carbonyl (C=O) groups is 2. The summed E-state index contributed by atoms with van der Waals surface area (Å²) in [5, 5.41) is 13.6. The molecule has 1 heterocycles. The van der Waals surface area contributed by atoms with Crippen molar-refractivity contribution in [3.63, 3.8) is 0 Å². The molecule has 1 aromatic rings. The molecule has 1 rings (SSSR count). The average Bonchev–Trinajstić information content (AvgIpc) is 2.82. The SMILES string of the molecule is CCc1ccsc1C(=O)N[C@H](C(=O)O)C(C)CC. The van der Waals surface area contributed by atoms with Crippen molar-refractivity contribution in [2.24, 2.45) is 5.92 Å². The van der Waals surface area contributed by atoms with Crippen molar-refractivity contribution in [3.8, 4) is 0 Å². The molecule has 1 amide bonds. The van der Waals surface area contributed by atoms with Crippen molar-refractivity contribution in [1.29, 1.82) is 0 Å². The summed E-state index contributed by atoms with van der Waals surface area (Å²) in [5.41, 5.74) is 0.964. The summed E-state index contributed by atoms with van der Waals surface area (Å²) in [6.07, 6.45) is 1.48. The standard InChI is InChI=1S/C13H19NO3S/c1-4-8(3)10(13(16)17)14-12(15)11-9(5-2)6-7-18-11/h6-8,10H,4-5H2,1-3H3,(H,14,15)(H,16,17)/t8?,10-/m0/s1. The Bertz CT molecular complexity index is 428. The van der Waals surface area contributed by atoms with Crippen LogP contribution >= 0.6 is 11.3 Å². The van der Waals surface area contributed by atoms with Crippen LogP contribution < -0.4 is 5.32 Å². The average molecular weight is 269 g/mol. The molecule has 1 aromatic heterocycles. The summed E-state index contributed by atoms with van der Waals surface area (Å²) < 4.78 is 0. The quantitative estimate of drug-likeness (QED) is 0.834. The van der Waals surface area contributed by atoms with Crippen LogP contribution in [-0.2, 0) is 11.2 Å². The van der Waals surface area contributed by atoms with E-state index in [0.717, 1.165) is 12.0 Å². The van der Waals surface area contributed by atoms with E-state index < -0.39 is 12.0 Å². The molecule has 2 N–H and O–H groups in total. The number of carboxylic acids is 1. The molecule has 0 saturated carbocycles. The third-order valence-electron chi connectivity index (χ3n) is 3.10. The summed E-state index contributed by atoms with van der Waals surface area (Å²) in [6.45, 7) is 5.71. The first-order valence-corrected chi connectivity index (χ1v) is 6.99. The van der Waals surface area contributed by atoms with Gasteiger partial charge in [-0.1, -0.05) is 27.2 Å². The Hall–Kier alpha value is -1.36. The second-order valence-electron chi connectivity index (χ2n) is 4.30. The Morgan fingerprint density at radius 2 is 2.11 bits per heavy atom. The number of hydrogen-bond acceptors (Lipinski definition) is 3. The predicted octanol–water partition coefficient (Wildman–Crippen LogP) is 2.54. The zero-order chi connectivity index (χ0) is 13.7. The van der Waals surface area contributed by atoms with E-state index in [9.17, 15) is 9.59 Å². The first-order valence-electron chi connectivity index (χ1n) is 6.11. The number of carboxylic acid groups (broad SMARTS) is 1. The van der Waals surface area contributed by atoms with E-state index in [4.69, 9.17) is 5.11 Å². The molecular weight excluding hydrogens is 250 g/mol. The van der Waals surface area contributed by atoms with Crippen LogP contribution in [0.2, 0.25) is 0 Å². The molecule has 0 radical (unpaired) electrons. The summed E-state index contributed by atoms with van der Waals surface area (Å²) in [6, 6.07) is 1.08. The molecule has 0 bridgehead atoms. The molecule has 18 heavy (non-hydrogen) atoms. The molecule has 4 nitrogen and oxygen atoms in total.